The predicted octanol–water partition coefficient (Wildman–Crippen LogP) is 10.7. The van der Waals surface area contributed by atoms with Crippen molar-refractivity contribution in [2.75, 3.05) is 0 Å². The molecule has 0 aliphatic carbocycles. The summed E-state index contributed by atoms with van der Waals surface area (Å²) in [6.45, 7) is 0. The zero-order valence-electron chi connectivity index (χ0n) is 24.2. The summed E-state index contributed by atoms with van der Waals surface area (Å²) in [5.74, 6) is 1.96. The van der Waals surface area contributed by atoms with Gasteiger partial charge in [-0.25, -0.2) is 15.0 Å². The molecule has 9 aromatic rings. The van der Waals surface area contributed by atoms with Crippen LogP contribution in [0.4, 0.5) is 0 Å². The van der Waals surface area contributed by atoms with E-state index in [1.54, 1.807) is 0 Å². The highest BCUT2D eigenvalue weighted by atomic mass is 16.3. The van der Waals surface area contributed by atoms with Crippen molar-refractivity contribution in [2.24, 2.45) is 0 Å². The van der Waals surface area contributed by atoms with Crippen molar-refractivity contribution in [1.82, 2.24) is 15.0 Å². The molecule has 0 saturated carbocycles. The molecule has 7 aromatic carbocycles. The van der Waals surface area contributed by atoms with Gasteiger partial charge in [-0.3, -0.25) is 0 Å². The number of aromatic nitrogens is 3. The predicted molar refractivity (Wildman–Crippen MR) is 184 cm³/mol. The minimum Gasteiger partial charge on any atom is -0.456 e. The minimum absolute atomic E-state index is 0.646. The second-order valence-corrected chi connectivity index (χ2v) is 11.3. The van der Waals surface area contributed by atoms with E-state index in [4.69, 9.17) is 19.4 Å². The lowest BCUT2D eigenvalue weighted by Crippen LogP contribution is -2.00. The van der Waals surface area contributed by atoms with Crippen LogP contribution < -0.4 is 0 Å². The topological polar surface area (TPSA) is 51.8 Å². The summed E-state index contributed by atoms with van der Waals surface area (Å²) in [6.07, 6.45) is 0. The molecule has 2 aromatic heterocycles. The number of nitrogens with zero attached hydrogens (tertiary/aromatic N) is 3. The highest BCUT2D eigenvalue weighted by Crippen LogP contribution is 2.39. The molecule has 0 radical (unpaired) electrons. The van der Waals surface area contributed by atoms with Gasteiger partial charge in [0.1, 0.15) is 11.2 Å². The van der Waals surface area contributed by atoms with Crippen molar-refractivity contribution < 1.29 is 4.42 Å². The van der Waals surface area contributed by atoms with E-state index in [2.05, 4.69) is 78.9 Å². The molecule has 0 N–H and O–H groups in total. The molecule has 45 heavy (non-hydrogen) atoms. The van der Waals surface area contributed by atoms with Gasteiger partial charge in [-0.05, 0) is 45.5 Å². The van der Waals surface area contributed by atoms with E-state index in [-0.39, 0.29) is 0 Å². The highest BCUT2D eigenvalue weighted by Gasteiger charge is 2.15. The Kier molecular flexibility index (Phi) is 5.78. The molecular formula is C41H25N3O. The van der Waals surface area contributed by atoms with E-state index in [9.17, 15) is 0 Å². The summed E-state index contributed by atoms with van der Waals surface area (Å²) in [7, 11) is 0. The fourth-order valence-electron chi connectivity index (χ4n) is 6.29. The Morgan fingerprint density at radius 1 is 0.333 bits per heavy atom. The summed E-state index contributed by atoms with van der Waals surface area (Å²) >= 11 is 0. The van der Waals surface area contributed by atoms with E-state index < -0.39 is 0 Å². The first-order valence-electron chi connectivity index (χ1n) is 15.0. The molecule has 0 amide bonds. The fraction of sp³-hybridized carbons (Fsp3) is 0. The van der Waals surface area contributed by atoms with Crippen molar-refractivity contribution in [1.29, 1.82) is 0 Å². The summed E-state index contributed by atoms with van der Waals surface area (Å²) in [6, 6.07) is 52.3. The number of furan rings is 1. The van der Waals surface area contributed by atoms with Crippen molar-refractivity contribution in [3.63, 3.8) is 0 Å². The van der Waals surface area contributed by atoms with E-state index in [1.807, 2.05) is 72.8 Å². The van der Waals surface area contributed by atoms with Crippen LogP contribution in [0.3, 0.4) is 0 Å². The molecule has 0 fully saturated rings. The van der Waals surface area contributed by atoms with Crippen LogP contribution in [0.1, 0.15) is 0 Å². The Labute approximate surface area is 259 Å². The maximum Gasteiger partial charge on any atom is 0.164 e. The molecule has 0 spiro atoms. The average Bonchev–Trinajstić information content (AvgIpc) is 3.51. The number of fused-ring (bicyclic) bond motifs is 7. The first-order chi connectivity index (χ1) is 22.3. The highest BCUT2D eigenvalue weighted by molar-refractivity contribution is 6.26. The smallest absolute Gasteiger partial charge is 0.164 e. The van der Waals surface area contributed by atoms with Crippen LogP contribution in [0.15, 0.2) is 156 Å². The third-order valence-corrected chi connectivity index (χ3v) is 8.52. The van der Waals surface area contributed by atoms with Gasteiger partial charge in [-0.1, -0.05) is 133 Å². The van der Waals surface area contributed by atoms with Crippen molar-refractivity contribution in [3.05, 3.63) is 152 Å². The lowest BCUT2D eigenvalue weighted by atomic mass is 9.94. The first-order valence-corrected chi connectivity index (χ1v) is 15.0. The van der Waals surface area contributed by atoms with Crippen LogP contribution in [-0.2, 0) is 0 Å². The number of hydrogen-bond acceptors (Lipinski definition) is 4. The van der Waals surface area contributed by atoms with Crippen LogP contribution in [-0.4, -0.2) is 15.0 Å². The number of rotatable bonds is 4. The largest absolute Gasteiger partial charge is 0.456 e. The second kappa shape index (κ2) is 10.2. The number of benzene rings is 7. The Morgan fingerprint density at radius 2 is 0.844 bits per heavy atom. The van der Waals surface area contributed by atoms with Crippen LogP contribution in [0, 0.1) is 0 Å². The monoisotopic (exact) mass is 575 g/mol. The normalized spacial score (nSPS) is 11.6. The number of para-hydroxylation sites is 1. The molecular weight excluding hydrogens is 550 g/mol. The van der Waals surface area contributed by atoms with Gasteiger partial charge >= 0.3 is 0 Å². The zero-order valence-corrected chi connectivity index (χ0v) is 24.2. The molecule has 4 nitrogen and oxygen atoms in total. The lowest BCUT2D eigenvalue weighted by Gasteiger charge is -2.10. The Morgan fingerprint density at radius 3 is 1.53 bits per heavy atom. The van der Waals surface area contributed by atoms with Crippen molar-refractivity contribution >= 4 is 43.5 Å². The molecule has 2 heterocycles. The van der Waals surface area contributed by atoms with Crippen molar-refractivity contribution in [3.8, 4) is 45.3 Å². The third kappa shape index (κ3) is 4.35. The summed E-state index contributed by atoms with van der Waals surface area (Å²) in [5.41, 5.74) is 6.95. The van der Waals surface area contributed by atoms with Gasteiger partial charge in [-0.15, -0.1) is 0 Å². The second-order valence-electron chi connectivity index (χ2n) is 11.3. The van der Waals surface area contributed by atoms with Gasteiger partial charge < -0.3 is 4.42 Å². The van der Waals surface area contributed by atoms with E-state index >= 15 is 0 Å². The Hall–Kier alpha value is -6.13. The molecule has 210 valence electrons. The maximum atomic E-state index is 6.24. The lowest BCUT2D eigenvalue weighted by molar-refractivity contribution is 0.669. The van der Waals surface area contributed by atoms with Crippen LogP contribution >= 0.6 is 0 Å². The standard InChI is InChI=1S/C41H25N3O/c1-3-9-29(10-4-1)39-42-40(30-11-5-2-6-12-30)44-41(43-39)31-20-15-26(16-21-31)32-22-18-27-17-19-28-23-24-36-38(37(28)34(27)25-32)33-13-7-8-14-35(33)45-36/h1-25H. The molecule has 4 heteroatoms. The van der Waals surface area contributed by atoms with Crippen LogP contribution in [0.2, 0.25) is 0 Å². The maximum absolute atomic E-state index is 6.24. The van der Waals surface area contributed by atoms with E-state index in [0.717, 1.165) is 44.4 Å². The molecule has 0 aliphatic rings. The molecule has 0 bridgehead atoms. The van der Waals surface area contributed by atoms with Crippen molar-refractivity contribution in [2.45, 2.75) is 0 Å². The summed E-state index contributed by atoms with van der Waals surface area (Å²) < 4.78 is 6.24. The molecule has 0 saturated heterocycles. The quantitative estimate of drug-likeness (QED) is 0.196. The molecule has 0 unspecified atom stereocenters. The number of hydrogen-bond donors (Lipinski definition) is 0. The average molecular weight is 576 g/mol. The van der Waals surface area contributed by atoms with Gasteiger partial charge in [0.05, 0.1) is 0 Å². The molecule has 0 atom stereocenters. The minimum atomic E-state index is 0.646. The van der Waals surface area contributed by atoms with Gasteiger partial charge in [0.2, 0.25) is 0 Å². The zero-order chi connectivity index (χ0) is 29.7. The Balaban J connectivity index is 1.17. The first kappa shape index (κ1) is 25.4. The van der Waals surface area contributed by atoms with E-state index in [0.29, 0.717) is 17.5 Å². The third-order valence-electron chi connectivity index (χ3n) is 8.52. The van der Waals surface area contributed by atoms with Gasteiger partial charge in [0.15, 0.2) is 17.5 Å². The molecule has 9 rings (SSSR count). The van der Waals surface area contributed by atoms with E-state index in [1.165, 1.54) is 26.9 Å². The van der Waals surface area contributed by atoms with Gasteiger partial charge in [0.25, 0.3) is 0 Å². The fourth-order valence-corrected chi connectivity index (χ4v) is 6.29. The van der Waals surface area contributed by atoms with Gasteiger partial charge in [-0.2, -0.15) is 0 Å². The molecule has 0 aliphatic heterocycles. The van der Waals surface area contributed by atoms with Gasteiger partial charge in [0, 0.05) is 32.8 Å². The van der Waals surface area contributed by atoms with Crippen LogP contribution in [0.5, 0.6) is 0 Å². The van der Waals surface area contributed by atoms with Crippen LogP contribution in [0.25, 0.3) is 88.8 Å². The summed E-state index contributed by atoms with van der Waals surface area (Å²) in [4.78, 5) is 14.6. The Bertz CT molecular complexity index is 2460. The summed E-state index contributed by atoms with van der Waals surface area (Å²) in [5, 5.41) is 7.14. The SMILES string of the molecule is c1ccc(-c2nc(-c3ccccc3)nc(-c3ccc(-c4ccc5ccc6ccc7oc8ccccc8c7c6c5c4)cc3)n2)cc1.